The number of carbonyl (C=O) groups excluding carboxylic acids is 2. The van der Waals surface area contributed by atoms with E-state index >= 15 is 0 Å². The largest absolute Gasteiger partial charge is 0.465 e. The molecule has 8 heteroatoms. The maximum Gasteiger partial charge on any atom is 0.326 e. The number of piperidine rings is 1. The highest BCUT2D eigenvalue weighted by molar-refractivity contribution is 6.29. The van der Waals surface area contributed by atoms with Crippen LogP contribution in [0.5, 0.6) is 0 Å². The zero-order valence-corrected chi connectivity index (χ0v) is 17.4. The van der Waals surface area contributed by atoms with E-state index in [1.165, 1.54) is 6.20 Å². The van der Waals surface area contributed by atoms with Crippen molar-refractivity contribution >= 4 is 23.5 Å². The summed E-state index contributed by atoms with van der Waals surface area (Å²) >= 11 is 6.12. The predicted octanol–water partition coefficient (Wildman–Crippen LogP) is 2.37. The fraction of sp³-hybridized carbons (Fsp3) is 0.737. The number of aryl methyl sites for hydroxylation is 1. The topological polar surface area (TPSA) is 67.7 Å². The van der Waals surface area contributed by atoms with Crippen LogP contribution in [0.15, 0.2) is 6.20 Å². The van der Waals surface area contributed by atoms with Gasteiger partial charge in [-0.2, -0.15) is 0 Å². The van der Waals surface area contributed by atoms with Crippen LogP contribution >= 0.6 is 11.6 Å². The lowest BCUT2D eigenvalue weighted by Crippen LogP contribution is -2.46. The van der Waals surface area contributed by atoms with Gasteiger partial charge in [-0.1, -0.05) is 25.4 Å². The predicted molar refractivity (Wildman–Crippen MR) is 105 cm³/mol. The van der Waals surface area contributed by atoms with E-state index in [-0.39, 0.29) is 18.4 Å². The Labute approximate surface area is 166 Å². The summed E-state index contributed by atoms with van der Waals surface area (Å²) in [4.78, 5) is 33.0. The molecular weight excluding hydrogens is 368 g/mol. The summed E-state index contributed by atoms with van der Waals surface area (Å²) in [6, 6.07) is 0.575. The maximum atomic E-state index is 12.6. The number of hydrogen-bond acceptors (Lipinski definition) is 5. The van der Waals surface area contributed by atoms with Gasteiger partial charge in [0.25, 0.3) is 0 Å². The number of halogens is 1. The molecule has 27 heavy (non-hydrogen) atoms. The third-order valence-corrected chi connectivity index (χ3v) is 5.49. The molecular formula is C19H31ClN4O3. The quantitative estimate of drug-likeness (QED) is 0.597. The highest BCUT2D eigenvalue weighted by Crippen LogP contribution is 2.18. The van der Waals surface area contributed by atoms with Gasteiger partial charge >= 0.3 is 5.97 Å². The standard InChI is InChI=1S/C19H31ClN4O3/c1-4-22(5-2)15-9-11-23(12-10-15)18(25)8-7-17-21-13-16(20)24(17)14-19(26)27-6-3/h13,15H,4-12,14H2,1-3H3. The summed E-state index contributed by atoms with van der Waals surface area (Å²) in [5.74, 6) is 0.415. The first kappa shape index (κ1) is 21.7. The molecule has 7 nitrogen and oxygen atoms in total. The average Bonchev–Trinajstić information content (AvgIpc) is 3.01. The van der Waals surface area contributed by atoms with Crippen molar-refractivity contribution in [2.45, 2.75) is 59.0 Å². The van der Waals surface area contributed by atoms with E-state index in [0.29, 0.717) is 36.5 Å². The van der Waals surface area contributed by atoms with E-state index in [1.807, 2.05) is 4.90 Å². The van der Waals surface area contributed by atoms with Gasteiger partial charge in [0.2, 0.25) is 5.91 Å². The van der Waals surface area contributed by atoms with E-state index in [9.17, 15) is 9.59 Å². The molecule has 0 N–H and O–H groups in total. The summed E-state index contributed by atoms with van der Waals surface area (Å²) in [6.45, 7) is 10.2. The van der Waals surface area contributed by atoms with E-state index in [1.54, 1.807) is 11.5 Å². The third kappa shape index (κ3) is 5.94. The Bertz CT molecular complexity index is 622. The van der Waals surface area contributed by atoms with Crippen LogP contribution in [0.25, 0.3) is 0 Å². The lowest BCUT2D eigenvalue weighted by molar-refractivity contribution is -0.143. The molecule has 0 atom stereocenters. The molecule has 0 aromatic carbocycles. The Morgan fingerprint density at radius 2 is 1.93 bits per heavy atom. The van der Waals surface area contributed by atoms with E-state index in [4.69, 9.17) is 16.3 Å². The first-order chi connectivity index (χ1) is 13.0. The van der Waals surface area contributed by atoms with Crippen molar-refractivity contribution in [3.63, 3.8) is 0 Å². The lowest BCUT2D eigenvalue weighted by atomic mass is 10.0. The van der Waals surface area contributed by atoms with Crippen LogP contribution in [0.2, 0.25) is 5.15 Å². The highest BCUT2D eigenvalue weighted by atomic mass is 35.5. The van der Waals surface area contributed by atoms with Crippen LogP contribution in [-0.4, -0.2) is 70.1 Å². The minimum Gasteiger partial charge on any atom is -0.465 e. The molecule has 0 saturated carbocycles. The Morgan fingerprint density at radius 1 is 1.26 bits per heavy atom. The van der Waals surface area contributed by atoms with Gasteiger partial charge in [-0.15, -0.1) is 0 Å². The van der Waals surface area contributed by atoms with Gasteiger partial charge < -0.3 is 19.1 Å². The highest BCUT2D eigenvalue weighted by Gasteiger charge is 2.25. The van der Waals surface area contributed by atoms with Crippen molar-refractivity contribution < 1.29 is 14.3 Å². The number of hydrogen-bond donors (Lipinski definition) is 0. The second-order valence-electron chi connectivity index (χ2n) is 6.72. The molecule has 0 unspecified atom stereocenters. The third-order valence-electron chi connectivity index (χ3n) is 5.19. The van der Waals surface area contributed by atoms with Crippen molar-refractivity contribution in [1.29, 1.82) is 0 Å². The fourth-order valence-corrected chi connectivity index (χ4v) is 3.90. The second kappa shape index (κ2) is 10.7. The first-order valence-corrected chi connectivity index (χ1v) is 10.2. The average molecular weight is 399 g/mol. The molecule has 0 spiro atoms. The molecule has 1 aliphatic heterocycles. The summed E-state index contributed by atoms with van der Waals surface area (Å²) < 4.78 is 6.58. The first-order valence-electron chi connectivity index (χ1n) is 9.87. The molecule has 1 amide bonds. The van der Waals surface area contributed by atoms with E-state index in [0.717, 1.165) is 39.0 Å². The Kier molecular flexibility index (Phi) is 8.57. The van der Waals surface area contributed by atoms with Gasteiger partial charge in [-0.05, 0) is 32.9 Å². The van der Waals surface area contributed by atoms with Crippen LogP contribution in [0.4, 0.5) is 0 Å². The molecule has 152 valence electrons. The molecule has 0 bridgehead atoms. The number of amides is 1. The summed E-state index contributed by atoms with van der Waals surface area (Å²) in [6.07, 6.45) is 4.39. The molecule has 0 radical (unpaired) electrons. The van der Waals surface area contributed by atoms with Gasteiger partial charge in [0.05, 0.1) is 12.8 Å². The number of rotatable bonds is 9. The summed E-state index contributed by atoms with van der Waals surface area (Å²) in [7, 11) is 0. The van der Waals surface area contributed by atoms with Crippen molar-refractivity contribution in [2.24, 2.45) is 0 Å². The van der Waals surface area contributed by atoms with Crippen LogP contribution in [0, 0.1) is 0 Å². The second-order valence-corrected chi connectivity index (χ2v) is 7.11. The molecule has 2 heterocycles. The van der Waals surface area contributed by atoms with Gasteiger partial charge in [0, 0.05) is 32.0 Å². The monoisotopic (exact) mass is 398 g/mol. The number of ether oxygens (including phenoxy) is 1. The minimum atomic E-state index is -0.358. The molecule has 1 saturated heterocycles. The number of carbonyl (C=O) groups is 2. The number of aromatic nitrogens is 2. The SMILES string of the molecule is CCOC(=O)Cn1c(Cl)cnc1CCC(=O)N1CCC(N(CC)CC)CC1. The van der Waals surface area contributed by atoms with Gasteiger partial charge in [0.15, 0.2) is 0 Å². The fourth-order valence-electron chi connectivity index (χ4n) is 3.69. The lowest BCUT2D eigenvalue weighted by Gasteiger charge is -2.37. The normalized spacial score (nSPS) is 15.4. The van der Waals surface area contributed by atoms with Crippen molar-refractivity contribution in [2.75, 3.05) is 32.8 Å². The summed E-state index contributed by atoms with van der Waals surface area (Å²) in [5.41, 5.74) is 0. The molecule has 2 rings (SSSR count). The summed E-state index contributed by atoms with van der Waals surface area (Å²) in [5, 5.41) is 0.380. The van der Waals surface area contributed by atoms with E-state index < -0.39 is 0 Å². The maximum absolute atomic E-state index is 12.6. The van der Waals surface area contributed by atoms with Crippen LogP contribution in [-0.2, 0) is 27.3 Å². The Morgan fingerprint density at radius 3 is 2.52 bits per heavy atom. The van der Waals surface area contributed by atoms with Gasteiger partial charge in [-0.3, -0.25) is 9.59 Å². The molecule has 1 fully saturated rings. The van der Waals surface area contributed by atoms with Gasteiger partial charge in [-0.25, -0.2) is 4.98 Å². The number of nitrogens with zero attached hydrogens (tertiary/aromatic N) is 4. The van der Waals surface area contributed by atoms with E-state index in [2.05, 4.69) is 23.7 Å². The van der Waals surface area contributed by atoms with Crippen LogP contribution in [0.3, 0.4) is 0 Å². The Balaban J connectivity index is 1.85. The Hall–Kier alpha value is -1.60. The number of likely N-dealkylation sites (tertiary alicyclic amines) is 1. The van der Waals surface area contributed by atoms with Crippen molar-refractivity contribution in [3.8, 4) is 0 Å². The van der Waals surface area contributed by atoms with Crippen molar-refractivity contribution in [3.05, 3.63) is 17.2 Å². The van der Waals surface area contributed by atoms with Crippen molar-refractivity contribution in [1.82, 2.24) is 19.4 Å². The smallest absolute Gasteiger partial charge is 0.326 e. The zero-order valence-electron chi connectivity index (χ0n) is 16.6. The molecule has 0 aliphatic carbocycles. The molecule has 1 aromatic heterocycles. The number of imidazole rings is 1. The number of esters is 1. The van der Waals surface area contributed by atoms with Gasteiger partial charge in [0.1, 0.15) is 17.5 Å². The zero-order chi connectivity index (χ0) is 19.8. The molecule has 1 aromatic rings. The minimum absolute atomic E-state index is 0.0193. The van der Waals surface area contributed by atoms with Crippen LogP contribution in [0.1, 0.15) is 45.9 Å². The van der Waals surface area contributed by atoms with Crippen LogP contribution < -0.4 is 0 Å². The molecule has 1 aliphatic rings.